The fraction of sp³-hybridized carbons (Fsp3) is 0.317. The van der Waals surface area contributed by atoms with E-state index in [1.807, 2.05) is 91.9 Å². The Labute approximate surface area is 298 Å². The van der Waals surface area contributed by atoms with Crippen LogP contribution in [-0.2, 0) is 43.5 Å². The highest BCUT2D eigenvalue weighted by Gasteiger charge is 2.34. The van der Waals surface area contributed by atoms with Crippen LogP contribution in [0.3, 0.4) is 0 Å². The molecule has 0 fully saturated rings. The average Bonchev–Trinajstić information content (AvgIpc) is 3.15. The Bertz CT molecular complexity index is 1830. The zero-order valence-corrected chi connectivity index (χ0v) is 29.4. The highest BCUT2D eigenvalue weighted by molar-refractivity contribution is 5.94. The lowest BCUT2D eigenvalue weighted by Crippen LogP contribution is -2.46. The second-order valence-electron chi connectivity index (χ2n) is 12.6. The number of ketones is 1. The highest BCUT2D eigenvalue weighted by Crippen LogP contribution is 2.41. The van der Waals surface area contributed by atoms with Crippen LogP contribution in [0.5, 0.6) is 11.5 Å². The van der Waals surface area contributed by atoms with Gasteiger partial charge in [0.25, 0.3) is 0 Å². The number of esters is 1. The molecule has 1 N–H and O–H groups in total. The number of nitrogens with one attached hydrogen (secondary N) is 1. The molecule has 266 valence electrons. The van der Waals surface area contributed by atoms with Crippen molar-refractivity contribution in [2.75, 3.05) is 20.8 Å². The summed E-state index contributed by atoms with van der Waals surface area (Å²) in [5.74, 6) is -1.21. The van der Waals surface area contributed by atoms with Crippen LogP contribution >= 0.6 is 0 Å². The van der Waals surface area contributed by atoms with Gasteiger partial charge < -0.3 is 24.3 Å². The normalized spacial score (nSPS) is 17.4. The van der Waals surface area contributed by atoms with Gasteiger partial charge in [-0.15, -0.1) is 0 Å². The van der Waals surface area contributed by atoms with Crippen molar-refractivity contribution in [3.05, 3.63) is 119 Å². The third-order valence-corrected chi connectivity index (χ3v) is 8.73. The zero-order chi connectivity index (χ0) is 36.3. The molecular formula is C41H44N2O8. The maximum absolute atomic E-state index is 14.2. The monoisotopic (exact) mass is 692 g/mol. The molecule has 1 heterocycles. The number of carbonyl (C=O) groups excluding carboxylic acids is 4. The second-order valence-corrected chi connectivity index (χ2v) is 12.6. The largest absolute Gasteiger partial charge is 0.493 e. The fourth-order valence-electron chi connectivity index (χ4n) is 5.99. The van der Waals surface area contributed by atoms with E-state index in [1.165, 1.54) is 19.1 Å². The molecule has 3 atom stereocenters. The Kier molecular flexibility index (Phi) is 12.5. The molecule has 0 radical (unpaired) electrons. The lowest BCUT2D eigenvalue weighted by Gasteiger charge is -2.29. The number of rotatable bonds is 10. The molecule has 0 spiro atoms. The van der Waals surface area contributed by atoms with Gasteiger partial charge in [-0.05, 0) is 52.9 Å². The summed E-state index contributed by atoms with van der Waals surface area (Å²) in [6.45, 7) is 4.36. The van der Waals surface area contributed by atoms with E-state index in [0.717, 1.165) is 23.1 Å². The molecule has 0 aliphatic carbocycles. The Morgan fingerprint density at radius 2 is 1.43 bits per heavy atom. The van der Waals surface area contributed by atoms with Crippen LogP contribution in [0.1, 0.15) is 55.0 Å². The van der Waals surface area contributed by atoms with Crippen molar-refractivity contribution in [1.82, 2.24) is 10.2 Å². The number of Topliss-reactive ketones (excluding diaryl/α,β-unsaturated/α-hetero) is 1. The predicted octanol–water partition coefficient (Wildman–Crippen LogP) is 6.84. The molecule has 10 heteroatoms. The minimum absolute atomic E-state index is 0.0165. The zero-order valence-electron chi connectivity index (χ0n) is 29.4. The van der Waals surface area contributed by atoms with Gasteiger partial charge in [0.1, 0.15) is 36.8 Å². The van der Waals surface area contributed by atoms with Crippen molar-refractivity contribution >= 4 is 23.8 Å². The van der Waals surface area contributed by atoms with Crippen LogP contribution in [0.4, 0.5) is 4.79 Å². The fourth-order valence-corrected chi connectivity index (χ4v) is 5.99. The van der Waals surface area contributed by atoms with Gasteiger partial charge in [0.05, 0.1) is 13.7 Å². The van der Waals surface area contributed by atoms with E-state index in [-0.39, 0.29) is 31.8 Å². The van der Waals surface area contributed by atoms with E-state index in [2.05, 4.69) is 5.32 Å². The summed E-state index contributed by atoms with van der Waals surface area (Å²) >= 11 is 0. The number of amides is 2. The van der Waals surface area contributed by atoms with Gasteiger partial charge in [-0.3, -0.25) is 14.5 Å². The quantitative estimate of drug-likeness (QED) is 0.180. The van der Waals surface area contributed by atoms with Crippen molar-refractivity contribution in [2.24, 2.45) is 5.92 Å². The van der Waals surface area contributed by atoms with E-state index < -0.39 is 36.0 Å². The molecule has 5 rings (SSSR count). The summed E-state index contributed by atoms with van der Waals surface area (Å²) in [4.78, 5) is 55.4. The Morgan fingerprint density at radius 3 is 2.10 bits per heavy atom. The van der Waals surface area contributed by atoms with Crippen molar-refractivity contribution in [2.45, 2.75) is 58.4 Å². The number of carbonyl (C=O) groups is 4. The molecule has 4 aromatic rings. The predicted molar refractivity (Wildman–Crippen MR) is 192 cm³/mol. The smallest absolute Gasteiger partial charge is 0.410 e. The lowest BCUT2D eigenvalue weighted by molar-refractivity contribution is -0.145. The van der Waals surface area contributed by atoms with Gasteiger partial charge in [-0.25, -0.2) is 9.59 Å². The summed E-state index contributed by atoms with van der Waals surface area (Å²) in [6, 6.07) is 27.8. The van der Waals surface area contributed by atoms with Crippen LogP contribution in [0.25, 0.3) is 11.1 Å². The maximum atomic E-state index is 14.2. The first kappa shape index (κ1) is 36.6. The van der Waals surface area contributed by atoms with Crippen LogP contribution in [0.15, 0.2) is 97.1 Å². The van der Waals surface area contributed by atoms with Gasteiger partial charge in [0.15, 0.2) is 5.78 Å². The molecule has 0 unspecified atom stereocenters. The van der Waals surface area contributed by atoms with Crippen LogP contribution in [0.2, 0.25) is 0 Å². The standard InChI is InChI=1S/C41H44N2O8/c1-5-20-49-36-19-17-31-24-33(36)32-22-30(16-18-37(32)50-25-28-12-8-6-9-13-28)23-34(40(46)48-4)42-39(45)27(2)21-35(44)38(31)43(3)41(47)51-26-29-14-10-7-11-15-29/h6-19,22,24,27,34,38H,5,20-21,23,25-26H2,1-4H3,(H,42,45)/t27-,34+,38+/m1/s1. The molecule has 1 aliphatic heterocycles. The maximum Gasteiger partial charge on any atom is 0.410 e. The van der Waals surface area contributed by atoms with Crippen molar-refractivity contribution in [3.63, 3.8) is 0 Å². The Hall–Kier alpha value is -5.64. The molecule has 1 aliphatic rings. The van der Waals surface area contributed by atoms with Crippen molar-refractivity contribution in [3.8, 4) is 22.6 Å². The molecule has 10 nitrogen and oxygen atoms in total. The molecule has 4 bridgehead atoms. The number of methoxy groups -OCH3 is 1. The van der Waals surface area contributed by atoms with Crippen LogP contribution in [-0.4, -0.2) is 55.5 Å². The third kappa shape index (κ3) is 9.33. The number of nitrogens with zero attached hydrogens (tertiary/aromatic N) is 1. The van der Waals surface area contributed by atoms with Gasteiger partial charge in [0, 0.05) is 36.9 Å². The van der Waals surface area contributed by atoms with E-state index in [0.29, 0.717) is 34.8 Å². The summed E-state index contributed by atoms with van der Waals surface area (Å²) in [6.07, 6.45) is -0.0217. The molecule has 51 heavy (non-hydrogen) atoms. The molecule has 4 aromatic carbocycles. The summed E-state index contributed by atoms with van der Waals surface area (Å²) in [5, 5.41) is 2.79. The first-order valence-electron chi connectivity index (χ1n) is 17.1. The molecule has 0 aromatic heterocycles. The first-order chi connectivity index (χ1) is 24.7. The van der Waals surface area contributed by atoms with Crippen LogP contribution < -0.4 is 14.8 Å². The van der Waals surface area contributed by atoms with Gasteiger partial charge in [-0.2, -0.15) is 0 Å². The summed E-state index contributed by atoms with van der Waals surface area (Å²) in [7, 11) is 2.77. The molecule has 0 saturated heterocycles. The number of hydrogen-bond acceptors (Lipinski definition) is 8. The van der Waals surface area contributed by atoms with Gasteiger partial charge in [0.2, 0.25) is 5.91 Å². The van der Waals surface area contributed by atoms with Crippen molar-refractivity contribution < 1.29 is 38.1 Å². The number of likely N-dealkylation sites (N-methyl/N-ethyl adjacent to an activating group) is 1. The van der Waals surface area contributed by atoms with Crippen molar-refractivity contribution in [1.29, 1.82) is 0 Å². The van der Waals surface area contributed by atoms with E-state index in [4.69, 9.17) is 18.9 Å². The second kappa shape index (κ2) is 17.3. The third-order valence-electron chi connectivity index (χ3n) is 8.73. The van der Waals surface area contributed by atoms with E-state index >= 15 is 0 Å². The number of ether oxygens (including phenoxy) is 4. The molecule has 2 amide bonds. The molecular weight excluding hydrogens is 648 g/mol. The average molecular weight is 693 g/mol. The SMILES string of the molecule is CCCOc1ccc2cc1-c1cc(ccc1OCc1ccccc1)C[C@@H](C(=O)OC)NC(=O)[C@H](C)CC(=O)[C@H]2N(C)C(=O)OCc1ccccc1. The number of hydrogen-bond donors (Lipinski definition) is 1. The topological polar surface area (TPSA) is 120 Å². The molecule has 0 saturated carbocycles. The Balaban J connectivity index is 1.64. The Morgan fingerprint density at radius 1 is 0.804 bits per heavy atom. The minimum atomic E-state index is -1.11. The van der Waals surface area contributed by atoms with E-state index in [9.17, 15) is 19.2 Å². The summed E-state index contributed by atoms with van der Waals surface area (Å²) < 4.78 is 23.3. The van der Waals surface area contributed by atoms with Gasteiger partial charge >= 0.3 is 12.1 Å². The van der Waals surface area contributed by atoms with Crippen LogP contribution in [0, 0.1) is 5.92 Å². The van der Waals surface area contributed by atoms with E-state index in [1.54, 1.807) is 19.1 Å². The minimum Gasteiger partial charge on any atom is -0.493 e. The number of fused-ring (bicyclic) bond motifs is 5. The first-order valence-corrected chi connectivity index (χ1v) is 17.1. The number of benzene rings is 4. The highest BCUT2D eigenvalue weighted by atomic mass is 16.6. The summed E-state index contributed by atoms with van der Waals surface area (Å²) in [5.41, 5.74) is 4.29. The lowest BCUT2D eigenvalue weighted by atomic mass is 9.90. The van der Waals surface area contributed by atoms with Gasteiger partial charge in [-0.1, -0.05) is 86.6 Å².